The van der Waals surface area contributed by atoms with E-state index in [0.29, 0.717) is 11.5 Å². The van der Waals surface area contributed by atoms with Gasteiger partial charge in [-0.1, -0.05) is 0 Å². The van der Waals surface area contributed by atoms with Gasteiger partial charge in [-0.25, -0.2) is 9.97 Å². The first-order chi connectivity index (χ1) is 13.9. The molecule has 5 aliphatic rings. The lowest BCUT2D eigenvalue weighted by Crippen LogP contribution is -2.56. The van der Waals surface area contributed by atoms with Crippen molar-refractivity contribution in [1.82, 2.24) is 15.3 Å². The number of piperidine rings is 1. The first-order valence-corrected chi connectivity index (χ1v) is 11.8. The van der Waals surface area contributed by atoms with E-state index in [9.17, 15) is 4.79 Å². The van der Waals surface area contributed by atoms with E-state index in [4.69, 9.17) is 0 Å². The highest BCUT2D eigenvalue weighted by molar-refractivity contribution is 5.79. The van der Waals surface area contributed by atoms with Crippen molar-refractivity contribution < 1.29 is 4.79 Å². The molecule has 5 nitrogen and oxygen atoms in total. The molecule has 5 fully saturated rings. The Kier molecular flexibility index (Phi) is 4.83. The van der Waals surface area contributed by atoms with Crippen molar-refractivity contribution in [2.24, 2.45) is 29.1 Å². The number of carbonyl (C=O) groups excluding carboxylic acids is 1. The molecule has 4 aliphatic carbocycles. The first-order valence-electron chi connectivity index (χ1n) is 11.8. The van der Waals surface area contributed by atoms with Crippen molar-refractivity contribution in [3.63, 3.8) is 0 Å². The van der Waals surface area contributed by atoms with Crippen LogP contribution in [0.1, 0.15) is 69.7 Å². The third-order valence-electron chi connectivity index (χ3n) is 8.48. The van der Waals surface area contributed by atoms with Crippen LogP contribution < -0.4 is 10.2 Å². The molecule has 158 valence electrons. The van der Waals surface area contributed by atoms with Crippen molar-refractivity contribution in [1.29, 1.82) is 0 Å². The van der Waals surface area contributed by atoms with Crippen LogP contribution in [0.15, 0.2) is 6.07 Å². The first kappa shape index (κ1) is 19.3. The molecule has 1 aliphatic heterocycles. The third-order valence-corrected chi connectivity index (χ3v) is 8.48. The summed E-state index contributed by atoms with van der Waals surface area (Å²) in [6.07, 6.45) is 10.2. The fourth-order valence-corrected chi connectivity index (χ4v) is 7.38. The zero-order valence-electron chi connectivity index (χ0n) is 18.3. The molecular weight excluding hydrogens is 360 g/mol. The van der Waals surface area contributed by atoms with E-state index < -0.39 is 0 Å². The Labute approximate surface area is 175 Å². The van der Waals surface area contributed by atoms with E-state index in [1.54, 1.807) is 0 Å². The molecule has 5 heteroatoms. The minimum atomic E-state index is 0.133. The van der Waals surface area contributed by atoms with Gasteiger partial charge in [-0.05, 0) is 101 Å². The molecule has 1 aromatic rings. The number of hydrogen-bond acceptors (Lipinski definition) is 4. The summed E-state index contributed by atoms with van der Waals surface area (Å²) in [6, 6.07) is 2.33. The molecule has 4 saturated carbocycles. The molecule has 1 saturated heterocycles. The lowest BCUT2D eigenvalue weighted by molar-refractivity contribution is -0.130. The predicted molar refractivity (Wildman–Crippen MR) is 115 cm³/mol. The summed E-state index contributed by atoms with van der Waals surface area (Å²) in [5.41, 5.74) is 2.41. The number of aromatic nitrogens is 2. The van der Waals surface area contributed by atoms with Crippen molar-refractivity contribution in [3.05, 3.63) is 17.5 Å². The van der Waals surface area contributed by atoms with E-state index >= 15 is 0 Å². The van der Waals surface area contributed by atoms with Gasteiger partial charge in [0.05, 0.1) is 0 Å². The summed E-state index contributed by atoms with van der Waals surface area (Å²) in [5.74, 6) is 4.04. The fraction of sp³-hybridized carbons (Fsp3) is 0.792. The van der Waals surface area contributed by atoms with Gasteiger partial charge >= 0.3 is 0 Å². The largest absolute Gasteiger partial charge is 0.353 e. The van der Waals surface area contributed by atoms with Crippen LogP contribution in [-0.4, -0.2) is 35.0 Å². The van der Waals surface area contributed by atoms with E-state index in [1.165, 1.54) is 38.5 Å². The number of nitrogens with one attached hydrogen (secondary N) is 1. The number of hydrogen-bond donors (Lipinski definition) is 1. The molecule has 2 heterocycles. The summed E-state index contributed by atoms with van der Waals surface area (Å²) in [6.45, 7) is 8.07. The average Bonchev–Trinajstić information content (AvgIpc) is 2.66. The van der Waals surface area contributed by atoms with Crippen LogP contribution in [0.4, 0.5) is 5.95 Å². The fourth-order valence-electron chi connectivity index (χ4n) is 7.38. The van der Waals surface area contributed by atoms with E-state index in [2.05, 4.69) is 27.1 Å². The zero-order chi connectivity index (χ0) is 20.2. The number of amides is 1. The Morgan fingerprint density at radius 3 is 2.07 bits per heavy atom. The van der Waals surface area contributed by atoms with Gasteiger partial charge in [0.2, 0.25) is 11.9 Å². The lowest BCUT2D eigenvalue weighted by atomic mass is 9.48. The van der Waals surface area contributed by atoms with Crippen LogP contribution in [-0.2, 0) is 4.79 Å². The number of anilines is 1. The molecule has 1 atom stereocenters. The smallest absolute Gasteiger partial charge is 0.225 e. The monoisotopic (exact) mass is 396 g/mol. The second-order valence-corrected chi connectivity index (χ2v) is 10.7. The van der Waals surface area contributed by atoms with Gasteiger partial charge in [-0.15, -0.1) is 0 Å². The van der Waals surface area contributed by atoms with Gasteiger partial charge in [0.15, 0.2) is 0 Å². The maximum atomic E-state index is 13.1. The van der Waals surface area contributed by atoms with Crippen LogP contribution in [0.3, 0.4) is 0 Å². The van der Waals surface area contributed by atoms with Gasteiger partial charge in [0.25, 0.3) is 0 Å². The second kappa shape index (κ2) is 7.24. The van der Waals surface area contributed by atoms with Gasteiger partial charge < -0.3 is 10.2 Å². The molecular formula is C24H36N4O. The normalized spacial score (nSPS) is 35.0. The summed E-state index contributed by atoms with van der Waals surface area (Å²) in [5, 5.41) is 3.49. The summed E-state index contributed by atoms with van der Waals surface area (Å²) in [4.78, 5) is 24.5. The third kappa shape index (κ3) is 3.66. The van der Waals surface area contributed by atoms with Crippen LogP contribution >= 0.6 is 0 Å². The zero-order valence-corrected chi connectivity index (χ0v) is 18.3. The van der Waals surface area contributed by atoms with Crippen LogP contribution in [0.25, 0.3) is 0 Å². The number of rotatable bonds is 4. The standard InChI is InChI=1S/C24H36N4O/c1-15-8-16(2)26-23(25-15)28-6-4-21(5-7-28)22(29)27-17(3)24-12-18-9-19(13-24)11-20(10-18)14-24/h8,17-21H,4-7,9-14H2,1-3H3,(H,27,29)/t17-,18?,19?,20?,24?/m1/s1. The molecule has 1 aromatic heterocycles. The molecule has 0 unspecified atom stereocenters. The maximum absolute atomic E-state index is 13.1. The van der Waals surface area contributed by atoms with Crippen LogP contribution in [0.2, 0.25) is 0 Å². The molecule has 0 spiro atoms. The van der Waals surface area contributed by atoms with Crippen LogP contribution in [0, 0.1) is 42.9 Å². The van der Waals surface area contributed by atoms with E-state index in [1.807, 2.05) is 19.9 Å². The SMILES string of the molecule is Cc1cc(C)nc(N2CCC(C(=O)N[C@H](C)C34CC5CC(CC(C5)C3)C4)CC2)n1. The van der Waals surface area contributed by atoms with Crippen molar-refractivity contribution in [2.75, 3.05) is 18.0 Å². The van der Waals surface area contributed by atoms with Gasteiger partial charge in [0.1, 0.15) is 0 Å². The Morgan fingerprint density at radius 2 is 1.55 bits per heavy atom. The minimum absolute atomic E-state index is 0.133. The van der Waals surface area contributed by atoms with Crippen LogP contribution in [0.5, 0.6) is 0 Å². The molecule has 29 heavy (non-hydrogen) atoms. The maximum Gasteiger partial charge on any atom is 0.225 e. The number of carbonyl (C=O) groups is 1. The minimum Gasteiger partial charge on any atom is -0.353 e. The summed E-state index contributed by atoms with van der Waals surface area (Å²) < 4.78 is 0. The summed E-state index contributed by atoms with van der Waals surface area (Å²) in [7, 11) is 0. The van der Waals surface area contributed by atoms with Crippen molar-refractivity contribution in [2.45, 2.75) is 78.2 Å². The van der Waals surface area contributed by atoms with Gasteiger partial charge in [-0.2, -0.15) is 0 Å². The molecule has 6 rings (SSSR count). The molecule has 1 N–H and O–H groups in total. The second-order valence-electron chi connectivity index (χ2n) is 10.7. The topological polar surface area (TPSA) is 58.1 Å². The highest BCUT2D eigenvalue weighted by Crippen LogP contribution is 2.61. The Morgan fingerprint density at radius 1 is 1.03 bits per heavy atom. The van der Waals surface area contributed by atoms with Crippen molar-refractivity contribution >= 4 is 11.9 Å². The van der Waals surface area contributed by atoms with Crippen molar-refractivity contribution in [3.8, 4) is 0 Å². The average molecular weight is 397 g/mol. The molecule has 0 radical (unpaired) electrons. The molecule has 1 amide bonds. The Balaban J connectivity index is 1.18. The number of aryl methyl sites for hydroxylation is 2. The highest BCUT2D eigenvalue weighted by Gasteiger charge is 2.53. The Bertz CT molecular complexity index is 728. The van der Waals surface area contributed by atoms with E-state index in [-0.39, 0.29) is 11.8 Å². The Hall–Kier alpha value is -1.65. The summed E-state index contributed by atoms with van der Waals surface area (Å²) >= 11 is 0. The quantitative estimate of drug-likeness (QED) is 0.835. The van der Waals surface area contributed by atoms with Gasteiger partial charge in [-0.3, -0.25) is 4.79 Å². The lowest BCUT2D eigenvalue weighted by Gasteiger charge is -2.59. The predicted octanol–water partition coefficient (Wildman–Crippen LogP) is 4.03. The number of nitrogens with zero attached hydrogens (tertiary/aromatic N) is 3. The van der Waals surface area contributed by atoms with Gasteiger partial charge in [0, 0.05) is 36.4 Å². The highest BCUT2D eigenvalue weighted by atomic mass is 16.2. The molecule has 0 aromatic carbocycles. The van der Waals surface area contributed by atoms with E-state index in [0.717, 1.165) is 61.0 Å². The molecule has 4 bridgehead atoms.